The maximum absolute atomic E-state index is 2.63. The maximum atomic E-state index is 2.63. The van der Waals surface area contributed by atoms with Gasteiger partial charge in [0.25, 0.3) is 0 Å². The molecule has 1 rings (SSSR count). The summed E-state index contributed by atoms with van der Waals surface area (Å²) in [6, 6.07) is 0. The number of rotatable bonds is 19. The molecule has 27 heavy (non-hydrogen) atoms. The molecular formula is C25H50N2. The van der Waals surface area contributed by atoms with Gasteiger partial charge in [0, 0.05) is 25.5 Å². The predicted molar refractivity (Wildman–Crippen MR) is 122 cm³/mol. The molecule has 1 aliphatic rings. The van der Waals surface area contributed by atoms with Gasteiger partial charge in [0.15, 0.2) is 0 Å². The Kier molecular flexibility index (Phi) is 15.7. The van der Waals surface area contributed by atoms with Crippen LogP contribution in [0.5, 0.6) is 0 Å². The van der Waals surface area contributed by atoms with Crippen LogP contribution >= 0.6 is 0 Å². The van der Waals surface area contributed by atoms with E-state index in [0.29, 0.717) is 6.17 Å². The summed E-state index contributed by atoms with van der Waals surface area (Å²) < 4.78 is 0. The lowest BCUT2D eigenvalue weighted by Gasteiger charge is -2.33. The van der Waals surface area contributed by atoms with Crippen molar-refractivity contribution in [1.82, 2.24) is 9.80 Å². The Bertz CT molecular complexity index is 339. The fourth-order valence-corrected chi connectivity index (χ4v) is 4.23. The van der Waals surface area contributed by atoms with Crippen molar-refractivity contribution >= 4 is 0 Å². The van der Waals surface area contributed by atoms with Crippen molar-refractivity contribution in [2.45, 2.75) is 136 Å². The van der Waals surface area contributed by atoms with E-state index in [-0.39, 0.29) is 0 Å². The van der Waals surface area contributed by atoms with Crippen LogP contribution in [0.25, 0.3) is 0 Å². The van der Waals surface area contributed by atoms with Crippen LogP contribution in [0.15, 0.2) is 12.4 Å². The molecule has 1 unspecified atom stereocenters. The molecule has 0 radical (unpaired) electrons. The highest BCUT2D eigenvalue weighted by Gasteiger charge is 2.24. The first-order valence-electron chi connectivity index (χ1n) is 12.5. The predicted octanol–water partition coefficient (Wildman–Crippen LogP) is 8.09. The minimum Gasteiger partial charge on any atom is -0.356 e. The van der Waals surface area contributed by atoms with Gasteiger partial charge in [0.05, 0.1) is 0 Å². The van der Waals surface area contributed by atoms with Gasteiger partial charge in [-0.1, -0.05) is 104 Å². The molecular weight excluding hydrogens is 328 g/mol. The Hall–Kier alpha value is -0.660. The summed E-state index contributed by atoms with van der Waals surface area (Å²) in [5, 5.41) is 0. The smallest absolute Gasteiger partial charge is 0.101 e. The van der Waals surface area contributed by atoms with Gasteiger partial charge in [-0.05, 0) is 25.7 Å². The third-order valence-electron chi connectivity index (χ3n) is 6.07. The van der Waals surface area contributed by atoms with Crippen molar-refractivity contribution in [1.29, 1.82) is 0 Å². The van der Waals surface area contributed by atoms with Crippen LogP contribution in [0.2, 0.25) is 0 Å². The van der Waals surface area contributed by atoms with E-state index >= 15 is 0 Å². The van der Waals surface area contributed by atoms with Crippen molar-refractivity contribution < 1.29 is 0 Å². The molecule has 0 spiro atoms. The van der Waals surface area contributed by atoms with Crippen molar-refractivity contribution in [3.05, 3.63) is 12.4 Å². The summed E-state index contributed by atoms with van der Waals surface area (Å²) in [6.07, 6.45) is 29.2. The zero-order chi connectivity index (χ0) is 19.6. The summed E-state index contributed by atoms with van der Waals surface area (Å²) in [5.41, 5.74) is 0. The summed E-state index contributed by atoms with van der Waals surface area (Å²) in [7, 11) is 0. The lowest BCUT2D eigenvalue weighted by atomic mass is 10.1. The van der Waals surface area contributed by atoms with Gasteiger partial charge >= 0.3 is 0 Å². The Morgan fingerprint density at radius 2 is 0.852 bits per heavy atom. The first-order chi connectivity index (χ1) is 13.3. The zero-order valence-corrected chi connectivity index (χ0v) is 19.1. The van der Waals surface area contributed by atoms with E-state index in [1.165, 1.54) is 122 Å². The molecule has 0 fully saturated rings. The average molecular weight is 379 g/mol. The first-order valence-corrected chi connectivity index (χ1v) is 12.5. The minimum absolute atomic E-state index is 0.643. The highest BCUT2D eigenvalue weighted by Crippen LogP contribution is 2.22. The Labute approximate surface area is 171 Å². The van der Waals surface area contributed by atoms with Crippen LogP contribution in [-0.4, -0.2) is 29.1 Å². The van der Waals surface area contributed by atoms with Crippen molar-refractivity contribution in [3.63, 3.8) is 0 Å². The summed E-state index contributed by atoms with van der Waals surface area (Å²) >= 11 is 0. The molecule has 1 atom stereocenters. The minimum atomic E-state index is 0.643. The highest BCUT2D eigenvalue weighted by molar-refractivity contribution is 4.96. The third-order valence-corrected chi connectivity index (χ3v) is 6.07. The van der Waals surface area contributed by atoms with Gasteiger partial charge in [0.1, 0.15) is 6.17 Å². The van der Waals surface area contributed by atoms with Gasteiger partial charge in [-0.3, -0.25) is 0 Å². The molecule has 0 aliphatic carbocycles. The Morgan fingerprint density at radius 1 is 0.481 bits per heavy atom. The molecule has 2 heteroatoms. The largest absolute Gasteiger partial charge is 0.356 e. The number of hydrogen-bond donors (Lipinski definition) is 0. The SMILES string of the molecule is CCCCCCCCCCCCCN1C=CN(CCCCC)C1CCCC. The topological polar surface area (TPSA) is 6.48 Å². The van der Waals surface area contributed by atoms with Crippen molar-refractivity contribution in [2.75, 3.05) is 13.1 Å². The third kappa shape index (κ3) is 11.7. The maximum Gasteiger partial charge on any atom is 0.101 e. The zero-order valence-electron chi connectivity index (χ0n) is 19.1. The van der Waals surface area contributed by atoms with Crippen molar-refractivity contribution in [3.8, 4) is 0 Å². The molecule has 1 heterocycles. The quantitative estimate of drug-likeness (QED) is 0.209. The highest BCUT2D eigenvalue weighted by atomic mass is 15.4. The molecule has 1 aliphatic heterocycles. The monoisotopic (exact) mass is 378 g/mol. The fourth-order valence-electron chi connectivity index (χ4n) is 4.23. The van der Waals surface area contributed by atoms with Crippen LogP contribution in [0, 0.1) is 0 Å². The van der Waals surface area contributed by atoms with E-state index in [4.69, 9.17) is 0 Å². The number of hydrogen-bond acceptors (Lipinski definition) is 2. The van der Waals surface area contributed by atoms with Gasteiger partial charge in [-0.2, -0.15) is 0 Å². The standard InChI is InChI=1S/C25H50N2/c1-4-7-10-11-12-13-14-15-16-17-19-22-27-24-23-26(21-18-8-5-2)25(27)20-9-6-3/h23-25H,4-22H2,1-3H3. The molecule has 0 amide bonds. The molecule has 0 aromatic heterocycles. The second-order valence-corrected chi connectivity index (χ2v) is 8.64. The van der Waals surface area contributed by atoms with Gasteiger partial charge in [0.2, 0.25) is 0 Å². The van der Waals surface area contributed by atoms with E-state index in [0.717, 1.165) is 0 Å². The van der Waals surface area contributed by atoms with Crippen LogP contribution in [0.1, 0.15) is 130 Å². The molecule has 0 saturated carbocycles. The molecule has 0 saturated heterocycles. The molecule has 160 valence electrons. The average Bonchev–Trinajstić information content (AvgIpc) is 3.06. The molecule has 0 aromatic carbocycles. The number of unbranched alkanes of at least 4 members (excludes halogenated alkanes) is 13. The summed E-state index contributed by atoms with van der Waals surface area (Å²) in [6.45, 7) is 9.42. The summed E-state index contributed by atoms with van der Waals surface area (Å²) in [5.74, 6) is 0. The van der Waals surface area contributed by atoms with E-state index in [1.807, 2.05) is 0 Å². The van der Waals surface area contributed by atoms with Gasteiger partial charge in [-0.25, -0.2) is 0 Å². The van der Waals surface area contributed by atoms with Crippen LogP contribution in [0.4, 0.5) is 0 Å². The van der Waals surface area contributed by atoms with E-state index in [1.54, 1.807) is 0 Å². The van der Waals surface area contributed by atoms with Gasteiger partial charge in [-0.15, -0.1) is 0 Å². The fraction of sp³-hybridized carbons (Fsp3) is 0.920. The Balaban J connectivity index is 2.09. The van der Waals surface area contributed by atoms with Gasteiger partial charge < -0.3 is 9.80 Å². The second-order valence-electron chi connectivity index (χ2n) is 8.64. The van der Waals surface area contributed by atoms with E-state index in [9.17, 15) is 0 Å². The summed E-state index contributed by atoms with van der Waals surface area (Å²) in [4.78, 5) is 5.25. The normalized spacial score (nSPS) is 16.6. The van der Waals surface area contributed by atoms with Crippen molar-refractivity contribution in [2.24, 2.45) is 0 Å². The first kappa shape index (κ1) is 24.4. The second kappa shape index (κ2) is 17.4. The Morgan fingerprint density at radius 3 is 1.33 bits per heavy atom. The van der Waals surface area contributed by atoms with E-state index < -0.39 is 0 Å². The van der Waals surface area contributed by atoms with Crippen LogP contribution in [-0.2, 0) is 0 Å². The molecule has 0 N–H and O–H groups in total. The lowest BCUT2D eigenvalue weighted by Crippen LogP contribution is -2.39. The number of nitrogens with zero attached hydrogens (tertiary/aromatic N) is 2. The van der Waals surface area contributed by atoms with E-state index in [2.05, 4.69) is 43.0 Å². The lowest BCUT2D eigenvalue weighted by molar-refractivity contribution is 0.136. The van der Waals surface area contributed by atoms with Crippen LogP contribution in [0.3, 0.4) is 0 Å². The molecule has 0 aromatic rings. The molecule has 0 bridgehead atoms. The van der Waals surface area contributed by atoms with Crippen LogP contribution < -0.4 is 0 Å². The molecule has 2 nitrogen and oxygen atoms in total.